The molecule has 0 saturated heterocycles. The minimum atomic E-state index is -4.85. The normalized spacial score (nSPS) is 20.9. The second kappa shape index (κ2) is 5.55. The number of alkyl halides is 3. The molecule has 1 aromatic carbocycles. The number of carbonyl (C=O) groups is 1. The van der Waals surface area contributed by atoms with E-state index < -0.39 is 30.1 Å². The van der Waals surface area contributed by atoms with E-state index in [1.165, 1.54) is 0 Å². The number of carbonyl (C=O) groups excluding carboxylic acids is 1. The number of hydrogen-bond acceptors (Lipinski definition) is 3. The Bertz CT molecular complexity index is 528. The van der Waals surface area contributed by atoms with Crippen LogP contribution in [0.3, 0.4) is 0 Å². The zero-order valence-electron chi connectivity index (χ0n) is 11.4. The van der Waals surface area contributed by atoms with E-state index in [-0.39, 0.29) is 0 Å². The fraction of sp³-hybridized carbons (Fsp3) is 0.500. The van der Waals surface area contributed by atoms with Crippen LogP contribution in [-0.4, -0.2) is 29.4 Å². The van der Waals surface area contributed by atoms with E-state index >= 15 is 0 Å². The highest BCUT2D eigenvalue weighted by Crippen LogP contribution is 2.34. The Labute approximate surface area is 119 Å². The van der Waals surface area contributed by atoms with Gasteiger partial charge in [0.25, 0.3) is 0 Å². The largest absolute Gasteiger partial charge is 0.493 e. The lowest BCUT2D eigenvalue weighted by molar-refractivity contribution is -0.253. The highest BCUT2D eigenvalue weighted by Gasteiger charge is 2.51. The molecule has 1 aliphatic rings. The third-order valence-electron chi connectivity index (χ3n) is 3.41. The van der Waals surface area contributed by atoms with Gasteiger partial charge in [0.1, 0.15) is 5.75 Å². The Morgan fingerprint density at radius 2 is 2.10 bits per heavy atom. The van der Waals surface area contributed by atoms with Crippen molar-refractivity contribution >= 4 is 5.91 Å². The smallest absolute Gasteiger partial charge is 0.417 e. The van der Waals surface area contributed by atoms with E-state index in [0.29, 0.717) is 25.7 Å². The molecule has 0 bridgehead atoms. The topological polar surface area (TPSA) is 58.6 Å². The summed E-state index contributed by atoms with van der Waals surface area (Å²) in [4.78, 5) is 11.8. The lowest BCUT2D eigenvalue weighted by Gasteiger charge is -2.29. The summed E-state index contributed by atoms with van der Waals surface area (Å²) in [5.74, 6) is -0.240. The molecule has 0 aromatic heterocycles. The molecule has 0 spiro atoms. The van der Waals surface area contributed by atoms with Gasteiger partial charge in [-0.2, -0.15) is 13.2 Å². The number of benzene rings is 1. The van der Waals surface area contributed by atoms with Crippen molar-refractivity contribution in [2.75, 3.05) is 6.61 Å². The molecule has 116 valence electrons. The molecular weight excluding hydrogens is 287 g/mol. The SMILES string of the molecule is C[C@@](O)(CC(=O)N[C@@H]1CCOc2ccccc21)C(F)(F)F. The van der Waals surface area contributed by atoms with E-state index in [1.807, 2.05) is 0 Å². The number of aliphatic hydroxyl groups is 1. The zero-order chi connectivity index (χ0) is 15.7. The van der Waals surface area contributed by atoms with Crippen LogP contribution in [0.1, 0.15) is 31.4 Å². The van der Waals surface area contributed by atoms with Crippen molar-refractivity contribution in [3.63, 3.8) is 0 Å². The maximum Gasteiger partial charge on any atom is 0.417 e. The van der Waals surface area contributed by atoms with E-state index in [9.17, 15) is 23.1 Å². The molecular formula is C14H16F3NO3. The molecule has 2 N–H and O–H groups in total. The van der Waals surface area contributed by atoms with Gasteiger partial charge in [-0.05, 0) is 13.0 Å². The predicted molar refractivity (Wildman–Crippen MR) is 68.7 cm³/mol. The summed E-state index contributed by atoms with van der Waals surface area (Å²) in [5.41, 5.74) is -2.31. The highest BCUT2D eigenvalue weighted by molar-refractivity contribution is 5.77. The summed E-state index contributed by atoms with van der Waals surface area (Å²) in [6.45, 7) is 0.960. The van der Waals surface area contributed by atoms with Crippen LogP contribution in [0.4, 0.5) is 13.2 Å². The van der Waals surface area contributed by atoms with E-state index in [0.717, 1.165) is 5.56 Å². The maximum atomic E-state index is 12.6. The minimum Gasteiger partial charge on any atom is -0.493 e. The van der Waals surface area contributed by atoms with Gasteiger partial charge >= 0.3 is 6.18 Å². The molecule has 0 fully saturated rings. The predicted octanol–water partition coefficient (Wildman–Crippen LogP) is 2.33. The summed E-state index contributed by atoms with van der Waals surface area (Å²) < 4.78 is 43.1. The van der Waals surface area contributed by atoms with Crippen LogP contribution in [-0.2, 0) is 4.79 Å². The van der Waals surface area contributed by atoms with Gasteiger partial charge in [0.15, 0.2) is 5.60 Å². The second-order valence-electron chi connectivity index (χ2n) is 5.24. The number of fused-ring (bicyclic) bond motifs is 1. The average molecular weight is 303 g/mol. The fourth-order valence-electron chi connectivity index (χ4n) is 2.15. The van der Waals surface area contributed by atoms with Gasteiger partial charge in [-0.25, -0.2) is 0 Å². The standard InChI is InChI=1S/C14H16F3NO3/c1-13(20,14(15,16)17)8-12(19)18-10-6-7-21-11-5-3-2-4-9(10)11/h2-5,10,20H,6-8H2,1H3,(H,18,19)/t10-,13-/m1/s1. The highest BCUT2D eigenvalue weighted by atomic mass is 19.4. The second-order valence-corrected chi connectivity index (χ2v) is 5.24. The number of nitrogens with one attached hydrogen (secondary N) is 1. The Morgan fingerprint density at radius 3 is 2.76 bits per heavy atom. The van der Waals surface area contributed by atoms with Crippen LogP contribution in [0.5, 0.6) is 5.75 Å². The van der Waals surface area contributed by atoms with Crippen LogP contribution < -0.4 is 10.1 Å². The van der Waals surface area contributed by atoms with Gasteiger partial charge in [-0.1, -0.05) is 18.2 Å². The fourth-order valence-corrected chi connectivity index (χ4v) is 2.15. The van der Waals surface area contributed by atoms with Gasteiger partial charge in [0, 0.05) is 12.0 Å². The van der Waals surface area contributed by atoms with Gasteiger partial charge in [-0.15, -0.1) is 0 Å². The van der Waals surface area contributed by atoms with Gasteiger partial charge in [0.2, 0.25) is 5.91 Å². The Hall–Kier alpha value is -1.76. The van der Waals surface area contributed by atoms with E-state index in [1.54, 1.807) is 24.3 Å². The monoisotopic (exact) mass is 303 g/mol. The van der Waals surface area contributed by atoms with Crippen LogP contribution in [0.2, 0.25) is 0 Å². The number of para-hydroxylation sites is 1. The number of rotatable bonds is 3. The first kappa shape index (κ1) is 15.6. The van der Waals surface area contributed by atoms with Gasteiger partial charge in [0.05, 0.1) is 19.1 Å². The van der Waals surface area contributed by atoms with Crippen molar-refractivity contribution in [1.29, 1.82) is 0 Å². The molecule has 2 rings (SSSR count). The Kier molecular flexibility index (Phi) is 4.13. The third-order valence-corrected chi connectivity index (χ3v) is 3.41. The molecule has 4 nitrogen and oxygen atoms in total. The number of hydrogen-bond donors (Lipinski definition) is 2. The van der Waals surface area contributed by atoms with E-state index in [4.69, 9.17) is 4.74 Å². The summed E-state index contributed by atoms with van der Waals surface area (Å²) in [6, 6.07) is 6.61. The number of ether oxygens (including phenoxy) is 1. The molecule has 1 aliphatic heterocycles. The quantitative estimate of drug-likeness (QED) is 0.901. The van der Waals surface area contributed by atoms with Crippen molar-refractivity contribution in [3.8, 4) is 5.75 Å². The molecule has 0 saturated carbocycles. The minimum absolute atomic E-state index is 0.373. The average Bonchev–Trinajstić information content (AvgIpc) is 2.37. The van der Waals surface area contributed by atoms with Crippen molar-refractivity contribution < 1.29 is 27.8 Å². The first-order valence-electron chi connectivity index (χ1n) is 6.51. The van der Waals surface area contributed by atoms with Crippen LogP contribution in [0.25, 0.3) is 0 Å². The van der Waals surface area contributed by atoms with Crippen molar-refractivity contribution in [1.82, 2.24) is 5.32 Å². The van der Waals surface area contributed by atoms with E-state index in [2.05, 4.69) is 5.32 Å². The molecule has 0 radical (unpaired) electrons. The first-order valence-corrected chi connectivity index (χ1v) is 6.51. The molecule has 2 atom stereocenters. The molecule has 0 unspecified atom stereocenters. The number of halogens is 3. The van der Waals surface area contributed by atoms with Crippen LogP contribution in [0, 0.1) is 0 Å². The summed E-state index contributed by atoms with van der Waals surface area (Å²) in [6.07, 6.45) is -5.41. The van der Waals surface area contributed by atoms with Gasteiger partial charge in [-0.3, -0.25) is 4.79 Å². The Morgan fingerprint density at radius 1 is 1.43 bits per heavy atom. The lowest BCUT2D eigenvalue weighted by atomic mass is 9.98. The molecule has 1 heterocycles. The maximum absolute atomic E-state index is 12.6. The van der Waals surface area contributed by atoms with Crippen molar-refractivity contribution in [2.24, 2.45) is 0 Å². The third kappa shape index (κ3) is 3.47. The van der Waals surface area contributed by atoms with Crippen molar-refractivity contribution in [3.05, 3.63) is 29.8 Å². The summed E-state index contributed by atoms with van der Waals surface area (Å²) in [7, 11) is 0. The zero-order valence-corrected chi connectivity index (χ0v) is 11.4. The molecule has 0 aliphatic carbocycles. The number of amides is 1. The molecule has 21 heavy (non-hydrogen) atoms. The summed E-state index contributed by atoms with van der Waals surface area (Å²) >= 11 is 0. The van der Waals surface area contributed by atoms with Gasteiger partial charge < -0.3 is 15.2 Å². The molecule has 1 amide bonds. The summed E-state index contributed by atoms with van der Waals surface area (Å²) in [5, 5.41) is 11.9. The lowest BCUT2D eigenvalue weighted by Crippen LogP contribution is -2.46. The van der Waals surface area contributed by atoms with Crippen molar-refractivity contribution in [2.45, 2.75) is 37.6 Å². The molecule has 1 aromatic rings. The molecule has 7 heteroatoms. The van der Waals surface area contributed by atoms with Crippen LogP contribution in [0.15, 0.2) is 24.3 Å². The van der Waals surface area contributed by atoms with Crippen LogP contribution >= 0.6 is 0 Å². The first-order chi connectivity index (χ1) is 9.71. The Balaban J connectivity index is 2.05.